The van der Waals surface area contributed by atoms with E-state index in [9.17, 15) is 9.90 Å². The summed E-state index contributed by atoms with van der Waals surface area (Å²) in [5.74, 6) is 0.854. The predicted molar refractivity (Wildman–Crippen MR) is 93.7 cm³/mol. The molecule has 5 nitrogen and oxygen atoms in total. The molecule has 5 heteroatoms. The highest BCUT2D eigenvalue weighted by Crippen LogP contribution is 2.27. The van der Waals surface area contributed by atoms with Crippen LogP contribution >= 0.6 is 0 Å². The first-order valence-electron chi connectivity index (χ1n) is 8.69. The van der Waals surface area contributed by atoms with Crippen LogP contribution in [0.4, 0.5) is 0 Å². The number of furan rings is 1. The van der Waals surface area contributed by atoms with Crippen LogP contribution in [-0.4, -0.2) is 53.6 Å². The summed E-state index contributed by atoms with van der Waals surface area (Å²) < 4.78 is 5.89. The summed E-state index contributed by atoms with van der Waals surface area (Å²) in [6.07, 6.45) is 3.18. The van der Waals surface area contributed by atoms with Gasteiger partial charge in [0.1, 0.15) is 11.3 Å². The van der Waals surface area contributed by atoms with Crippen LogP contribution in [0.25, 0.3) is 11.0 Å². The van der Waals surface area contributed by atoms with Crippen LogP contribution in [0, 0.1) is 0 Å². The van der Waals surface area contributed by atoms with Crippen LogP contribution < -0.4 is 0 Å². The van der Waals surface area contributed by atoms with Crippen LogP contribution in [0.15, 0.2) is 34.7 Å². The van der Waals surface area contributed by atoms with Gasteiger partial charge in [0, 0.05) is 18.5 Å². The summed E-state index contributed by atoms with van der Waals surface area (Å²) in [5.41, 5.74) is 0.844. The lowest BCUT2D eigenvalue weighted by Crippen LogP contribution is -2.47. The second-order valence-corrected chi connectivity index (χ2v) is 6.67. The number of hydrogen-bond donors (Lipinski definition) is 1. The molecule has 0 bridgehead atoms. The number of benzene rings is 1. The van der Waals surface area contributed by atoms with Gasteiger partial charge in [0.2, 0.25) is 5.91 Å². The second-order valence-electron chi connectivity index (χ2n) is 6.67. The molecule has 130 valence electrons. The lowest BCUT2D eigenvalue weighted by atomic mass is 10.0. The lowest BCUT2D eigenvalue weighted by Gasteiger charge is -2.35. The highest BCUT2D eigenvalue weighted by Gasteiger charge is 2.27. The topological polar surface area (TPSA) is 56.9 Å². The first-order valence-corrected chi connectivity index (χ1v) is 8.69. The van der Waals surface area contributed by atoms with Crippen molar-refractivity contribution in [3.8, 4) is 0 Å². The molecular formula is C19H26N2O3. The van der Waals surface area contributed by atoms with Crippen molar-refractivity contribution in [2.24, 2.45) is 0 Å². The third kappa shape index (κ3) is 3.47. The number of aliphatic hydroxyl groups excluding tert-OH is 1. The zero-order valence-corrected chi connectivity index (χ0v) is 14.4. The normalized spacial score (nSPS) is 20.2. The van der Waals surface area contributed by atoms with Gasteiger partial charge < -0.3 is 14.4 Å². The van der Waals surface area contributed by atoms with E-state index >= 15 is 0 Å². The molecule has 1 N–H and O–H groups in total. The SMILES string of the molecule is CC(c1cc2ccccc2o1)N(C)C(=O)CN1CCCCC1CO. The summed E-state index contributed by atoms with van der Waals surface area (Å²) in [5, 5.41) is 10.6. The number of para-hydroxylation sites is 1. The first kappa shape index (κ1) is 17.0. The maximum atomic E-state index is 12.7. The summed E-state index contributed by atoms with van der Waals surface area (Å²) in [4.78, 5) is 16.5. The Bertz CT molecular complexity index is 664. The van der Waals surface area contributed by atoms with Crippen molar-refractivity contribution >= 4 is 16.9 Å². The Kier molecular flexibility index (Phi) is 5.21. The lowest BCUT2D eigenvalue weighted by molar-refractivity contribution is -0.134. The first-order chi connectivity index (χ1) is 11.6. The largest absolute Gasteiger partial charge is 0.459 e. The Hall–Kier alpha value is -1.85. The number of fused-ring (bicyclic) bond motifs is 1. The van der Waals surface area contributed by atoms with E-state index in [4.69, 9.17) is 4.42 Å². The van der Waals surface area contributed by atoms with Crippen molar-refractivity contribution in [3.05, 3.63) is 36.1 Å². The average Bonchev–Trinajstić information content (AvgIpc) is 3.05. The number of likely N-dealkylation sites (tertiary alicyclic amines) is 1. The van der Waals surface area contributed by atoms with Crippen LogP contribution in [0.1, 0.15) is 38.0 Å². The molecule has 1 aromatic heterocycles. The fourth-order valence-corrected chi connectivity index (χ4v) is 3.38. The van der Waals surface area contributed by atoms with Crippen molar-refractivity contribution in [1.82, 2.24) is 9.80 Å². The van der Waals surface area contributed by atoms with Crippen LogP contribution in [-0.2, 0) is 4.79 Å². The predicted octanol–water partition coefficient (Wildman–Crippen LogP) is 2.80. The van der Waals surface area contributed by atoms with Gasteiger partial charge >= 0.3 is 0 Å². The molecule has 1 fully saturated rings. The van der Waals surface area contributed by atoms with Gasteiger partial charge in [0.25, 0.3) is 0 Å². The van der Waals surface area contributed by atoms with Gasteiger partial charge in [-0.3, -0.25) is 9.69 Å². The molecule has 2 aromatic rings. The fourth-order valence-electron chi connectivity index (χ4n) is 3.38. The Morgan fingerprint density at radius 2 is 2.21 bits per heavy atom. The third-order valence-electron chi connectivity index (χ3n) is 5.13. The Morgan fingerprint density at radius 1 is 1.42 bits per heavy atom. The Balaban J connectivity index is 1.67. The van der Waals surface area contributed by atoms with Crippen molar-refractivity contribution < 1.29 is 14.3 Å². The van der Waals surface area contributed by atoms with Crippen molar-refractivity contribution in [2.45, 2.75) is 38.3 Å². The van der Waals surface area contributed by atoms with Gasteiger partial charge in [-0.1, -0.05) is 24.6 Å². The van der Waals surface area contributed by atoms with Gasteiger partial charge in [-0.05, 0) is 38.4 Å². The number of amides is 1. The molecule has 0 aliphatic carbocycles. The van der Waals surface area contributed by atoms with E-state index in [1.165, 1.54) is 0 Å². The molecule has 3 rings (SSSR count). The van der Waals surface area contributed by atoms with Gasteiger partial charge in [-0.25, -0.2) is 0 Å². The van der Waals surface area contributed by atoms with Gasteiger partial charge in [0.15, 0.2) is 0 Å². The van der Waals surface area contributed by atoms with E-state index in [1.54, 1.807) is 4.90 Å². The van der Waals surface area contributed by atoms with Crippen LogP contribution in [0.3, 0.4) is 0 Å². The zero-order chi connectivity index (χ0) is 17.1. The van der Waals surface area contributed by atoms with E-state index in [2.05, 4.69) is 4.90 Å². The number of piperidine rings is 1. The molecule has 1 saturated heterocycles. The zero-order valence-electron chi connectivity index (χ0n) is 14.4. The molecular weight excluding hydrogens is 304 g/mol. The average molecular weight is 330 g/mol. The molecule has 2 heterocycles. The Morgan fingerprint density at radius 3 is 2.96 bits per heavy atom. The van der Waals surface area contributed by atoms with Crippen molar-refractivity contribution in [2.75, 3.05) is 26.7 Å². The van der Waals surface area contributed by atoms with E-state index in [1.807, 2.05) is 44.3 Å². The summed E-state index contributed by atoms with van der Waals surface area (Å²) in [7, 11) is 1.82. The van der Waals surface area contributed by atoms with Crippen LogP contribution in [0.5, 0.6) is 0 Å². The summed E-state index contributed by atoms with van der Waals surface area (Å²) >= 11 is 0. The standard InChI is InChI=1S/C19H26N2O3/c1-14(18-11-15-7-3-4-9-17(15)24-18)20(2)19(23)12-21-10-6-5-8-16(21)13-22/h3-4,7,9,11,14,16,22H,5-6,8,10,12-13H2,1-2H3. The fraction of sp³-hybridized carbons (Fsp3) is 0.526. The number of carbonyl (C=O) groups is 1. The molecule has 24 heavy (non-hydrogen) atoms. The molecule has 0 radical (unpaired) electrons. The molecule has 0 saturated carbocycles. The van der Waals surface area contributed by atoms with E-state index in [0.717, 1.165) is 42.5 Å². The number of likely N-dealkylation sites (N-methyl/N-ethyl adjacent to an activating group) is 1. The minimum absolute atomic E-state index is 0.0586. The number of carbonyl (C=O) groups excluding carboxylic acids is 1. The quantitative estimate of drug-likeness (QED) is 0.916. The molecule has 2 atom stereocenters. The maximum Gasteiger partial charge on any atom is 0.237 e. The molecule has 1 aromatic carbocycles. The van der Waals surface area contributed by atoms with Gasteiger partial charge in [-0.2, -0.15) is 0 Å². The minimum Gasteiger partial charge on any atom is -0.459 e. The van der Waals surface area contributed by atoms with Crippen LogP contribution in [0.2, 0.25) is 0 Å². The van der Waals surface area contributed by atoms with Crippen molar-refractivity contribution in [3.63, 3.8) is 0 Å². The second kappa shape index (κ2) is 7.36. The highest BCUT2D eigenvalue weighted by atomic mass is 16.3. The number of rotatable bonds is 5. The molecule has 2 unspecified atom stereocenters. The van der Waals surface area contributed by atoms with Crippen molar-refractivity contribution in [1.29, 1.82) is 0 Å². The number of aliphatic hydroxyl groups is 1. The van der Waals surface area contributed by atoms with E-state index < -0.39 is 0 Å². The molecule has 1 aliphatic rings. The monoisotopic (exact) mass is 330 g/mol. The van der Waals surface area contributed by atoms with Gasteiger partial charge in [0.05, 0.1) is 19.2 Å². The molecule has 1 amide bonds. The smallest absolute Gasteiger partial charge is 0.237 e. The highest BCUT2D eigenvalue weighted by molar-refractivity contribution is 5.80. The Labute approximate surface area is 142 Å². The molecule has 0 spiro atoms. The summed E-state index contributed by atoms with van der Waals surface area (Å²) in [6.45, 7) is 3.33. The van der Waals surface area contributed by atoms with Gasteiger partial charge in [-0.15, -0.1) is 0 Å². The summed E-state index contributed by atoms with van der Waals surface area (Å²) in [6, 6.07) is 9.86. The minimum atomic E-state index is -0.123. The maximum absolute atomic E-state index is 12.7. The number of nitrogens with zero attached hydrogens (tertiary/aromatic N) is 2. The third-order valence-corrected chi connectivity index (χ3v) is 5.13. The van der Waals surface area contributed by atoms with E-state index in [-0.39, 0.29) is 24.6 Å². The van der Waals surface area contributed by atoms with E-state index in [0.29, 0.717) is 6.54 Å². The molecule has 1 aliphatic heterocycles. The number of hydrogen-bond acceptors (Lipinski definition) is 4.